The third-order valence-corrected chi connectivity index (χ3v) is 17.3. The highest BCUT2D eigenvalue weighted by molar-refractivity contribution is 6.39. The van der Waals surface area contributed by atoms with Crippen LogP contribution in [0.15, 0.2) is 206 Å². The van der Waals surface area contributed by atoms with Gasteiger partial charge in [0.1, 0.15) is 0 Å². The van der Waals surface area contributed by atoms with E-state index in [1.54, 1.807) is 0 Å². The van der Waals surface area contributed by atoms with Crippen LogP contribution < -0.4 is 0 Å². The molecule has 320 valence electrons. The van der Waals surface area contributed by atoms with Crippen LogP contribution in [-0.4, -0.2) is 17.8 Å². The fourth-order valence-electron chi connectivity index (χ4n) is 15.0. The van der Waals surface area contributed by atoms with Gasteiger partial charge in [-0.15, -0.1) is 0 Å². The van der Waals surface area contributed by atoms with Crippen molar-refractivity contribution in [1.29, 1.82) is 0 Å². The van der Waals surface area contributed by atoms with E-state index < -0.39 is 0 Å². The molecule has 8 heterocycles. The normalized spacial score (nSPS) is 16.2. The number of para-hydroxylation sites is 6. The fourth-order valence-corrected chi connectivity index (χ4v) is 15.0. The Morgan fingerprint density at radius 1 is 0.300 bits per heavy atom. The van der Waals surface area contributed by atoms with Crippen LogP contribution in [0.3, 0.4) is 0 Å². The van der Waals surface area contributed by atoms with Crippen molar-refractivity contribution < 1.29 is 0 Å². The Morgan fingerprint density at radius 2 is 0.786 bits per heavy atom. The Kier molecular flexibility index (Phi) is 5.89. The highest BCUT2D eigenvalue weighted by Gasteiger charge is 2.48. The van der Waals surface area contributed by atoms with Gasteiger partial charge in [0.2, 0.25) is 0 Å². The van der Waals surface area contributed by atoms with Crippen molar-refractivity contribution in [2.75, 3.05) is 0 Å². The number of hydrogen-bond acceptors (Lipinski definition) is 0. The van der Waals surface area contributed by atoms with E-state index in [4.69, 9.17) is 0 Å². The summed E-state index contributed by atoms with van der Waals surface area (Å²) < 4.78 is 10.6. The van der Waals surface area contributed by atoms with E-state index in [0.717, 1.165) is 0 Å². The van der Waals surface area contributed by atoms with E-state index in [1.165, 1.54) is 164 Å². The number of hydrogen-bond donors (Lipinski definition) is 0. The number of nitrogens with zero attached hydrogens (tertiary/aromatic N) is 4. The summed E-state index contributed by atoms with van der Waals surface area (Å²) in [4.78, 5) is 0. The van der Waals surface area contributed by atoms with Gasteiger partial charge in [-0.25, -0.2) is 0 Å². The second kappa shape index (κ2) is 11.8. The minimum absolute atomic E-state index is 0.00448. The van der Waals surface area contributed by atoms with Gasteiger partial charge in [-0.05, 0) is 53.1 Å². The molecule has 0 bridgehead atoms. The standard InChI is InChI=1S/C66H36N4/c1-3-17-35(18-4-1)53-59-43-27-15-25-41-56-52(34-46-38-22-8-12-30-48(38)68-50-32-14-10-24-40(50)58(56)64(46)68)70(61(41)43)66(59)54(36-19-5-2-6-20-36)60-44-28-16-26-42-55-51(69(62(42)44)65(53)60)33-45-37-21-7-11-29-47(37)67-49-31-13-9-23-39(49)57(55)63(45)67/h1-34,53,59H. The van der Waals surface area contributed by atoms with Gasteiger partial charge >= 0.3 is 0 Å². The maximum absolute atomic E-state index is 2.75. The van der Waals surface area contributed by atoms with Crippen molar-refractivity contribution in [2.45, 2.75) is 11.8 Å². The predicted octanol–water partition coefficient (Wildman–Crippen LogP) is 16.8. The third kappa shape index (κ3) is 3.70. The number of rotatable bonds is 2. The lowest BCUT2D eigenvalue weighted by Gasteiger charge is -2.35. The summed E-state index contributed by atoms with van der Waals surface area (Å²) in [7, 11) is 0. The molecule has 0 spiro atoms. The molecule has 70 heavy (non-hydrogen) atoms. The second-order valence-corrected chi connectivity index (χ2v) is 20.2. The molecule has 1 aliphatic heterocycles. The van der Waals surface area contributed by atoms with Gasteiger partial charge in [0.25, 0.3) is 0 Å². The Hall–Kier alpha value is -9.12. The largest absolute Gasteiger partial charge is 0.311 e. The van der Waals surface area contributed by atoms with Crippen LogP contribution in [0.5, 0.6) is 0 Å². The van der Waals surface area contributed by atoms with Gasteiger partial charge in [-0.1, -0.05) is 170 Å². The maximum Gasteiger partial charge on any atom is 0.0628 e. The summed E-state index contributed by atoms with van der Waals surface area (Å²) in [5.41, 5.74) is 22.4. The lowest BCUT2D eigenvalue weighted by molar-refractivity contribution is 0.696. The number of fused-ring (bicyclic) bond motifs is 26. The third-order valence-electron chi connectivity index (χ3n) is 17.3. The Labute approximate surface area is 398 Å². The van der Waals surface area contributed by atoms with Crippen LogP contribution in [0.2, 0.25) is 0 Å². The second-order valence-electron chi connectivity index (χ2n) is 20.2. The van der Waals surface area contributed by atoms with E-state index in [1.807, 2.05) is 0 Å². The molecule has 4 nitrogen and oxygen atoms in total. The average molecular weight is 885 g/mol. The van der Waals surface area contributed by atoms with Crippen LogP contribution in [-0.2, 0) is 0 Å². The minimum Gasteiger partial charge on any atom is -0.311 e. The average Bonchev–Trinajstić information content (AvgIpc) is 4.32. The van der Waals surface area contributed by atoms with Gasteiger partial charge in [-0.2, -0.15) is 0 Å². The Morgan fingerprint density at radius 3 is 1.43 bits per heavy atom. The van der Waals surface area contributed by atoms with Crippen molar-refractivity contribution in [1.82, 2.24) is 17.8 Å². The fraction of sp³-hybridized carbons (Fsp3) is 0.0303. The Bertz CT molecular complexity index is 5230. The molecule has 0 radical (unpaired) electrons. The van der Waals surface area contributed by atoms with Crippen LogP contribution in [0.1, 0.15) is 39.8 Å². The van der Waals surface area contributed by atoms with Crippen molar-refractivity contribution in [3.05, 3.63) is 234 Å². The van der Waals surface area contributed by atoms with Crippen LogP contribution in [0, 0.1) is 0 Å². The molecule has 19 rings (SSSR count). The first-order valence-electron chi connectivity index (χ1n) is 24.7. The van der Waals surface area contributed by atoms with Gasteiger partial charge < -0.3 is 17.8 Å². The first kappa shape index (κ1) is 35.1. The highest BCUT2D eigenvalue weighted by Crippen LogP contribution is 2.64. The molecule has 2 atom stereocenters. The summed E-state index contributed by atoms with van der Waals surface area (Å²) in [6, 6.07) is 78.5. The predicted molar refractivity (Wildman–Crippen MR) is 292 cm³/mol. The molecule has 2 aliphatic rings. The quantitative estimate of drug-likeness (QED) is 0.165. The van der Waals surface area contributed by atoms with Gasteiger partial charge in [0.15, 0.2) is 0 Å². The summed E-state index contributed by atoms with van der Waals surface area (Å²) >= 11 is 0. The summed E-state index contributed by atoms with van der Waals surface area (Å²) in [5.74, 6) is 0.0329. The zero-order chi connectivity index (χ0) is 44.8. The lowest BCUT2D eigenvalue weighted by Crippen LogP contribution is -2.22. The minimum atomic E-state index is 0.00448. The molecule has 0 saturated heterocycles. The van der Waals surface area contributed by atoms with Crippen LogP contribution >= 0.6 is 0 Å². The monoisotopic (exact) mass is 884 g/mol. The van der Waals surface area contributed by atoms with E-state index in [0.29, 0.717) is 0 Å². The smallest absolute Gasteiger partial charge is 0.0628 e. The Balaban J connectivity index is 1.06. The van der Waals surface area contributed by atoms with E-state index >= 15 is 0 Å². The zero-order valence-corrected chi connectivity index (χ0v) is 37.6. The molecule has 4 heteroatoms. The van der Waals surface area contributed by atoms with E-state index in [-0.39, 0.29) is 11.8 Å². The first-order valence-corrected chi connectivity index (χ1v) is 24.7. The van der Waals surface area contributed by atoms with Gasteiger partial charge in [-0.3, -0.25) is 0 Å². The van der Waals surface area contributed by atoms with E-state index in [2.05, 4.69) is 224 Å². The van der Waals surface area contributed by atoms with Gasteiger partial charge in [0.05, 0.1) is 55.2 Å². The molecule has 10 aromatic carbocycles. The number of allylic oxidation sites excluding steroid dienone is 1. The van der Waals surface area contributed by atoms with Crippen molar-refractivity contribution in [3.63, 3.8) is 0 Å². The molecule has 7 aromatic heterocycles. The first-order chi connectivity index (χ1) is 34.8. The molecule has 0 N–H and O–H groups in total. The molecule has 0 saturated carbocycles. The topological polar surface area (TPSA) is 18.2 Å². The number of benzene rings is 10. The zero-order valence-electron chi connectivity index (χ0n) is 37.6. The molecular weight excluding hydrogens is 849 g/mol. The van der Waals surface area contributed by atoms with Crippen molar-refractivity contribution in [2.24, 2.45) is 0 Å². The molecule has 0 amide bonds. The van der Waals surface area contributed by atoms with Crippen LogP contribution in [0.25, 0.3) is 136 Å². The van der Waals surface area contributed by atoms with Crippen molar-refractivity contribution in [3.8, 4) is 0 Å². The van der Waals surface area contributed by atoms with Gasteiger partial charge in [0, 0.05) is 104 Å². The maximum atomic E-state index is 2.75. The summed E-state index contributed by atoms with van der Waals surface area (Å²) in [6.07, 6.45) is 0. The van der Waals surface area contributed by atoms with E-state index in [9.17, 15) is 0 Å². The van der Waals surface area contributed by atoms with Crippen LogP contribution in [0.4, 0.5) is 0 Å². The summed E-state index contributed by atoms with van der Waals surface area (Å²) in [6.45, 7) is 0. The number of aromatic nitrogens is 4. The molecule has 1 aliphatic carbocycles. The molecule has 17 aromatic rings. The lowest BCUT2D eigenvalue weighted by atomic mass is 9.70. The molecule has 0 fully saturated rings. The SMILES string of the molecule is c1ccc(C2=C3C(c4cccc5c6c7c8ccccc8n8c9ccccc9c(cc6n3c45)c78)C(c3ccccc3)c3c2c2cccc4c5c6c7ccccc7n7c8ccccc8c(cc5n3c24)c67)cc1. The summed E-state index contributed by atoms with van der Waals surface area (Å²) in [5, 5.41) is 17.2. The molecular formula is C66H36N4. The van der Waals surface area contributed by atoms with Crippen molar-refractivity contribution >= 4 is 136 Å². The molecule has 2 unspecified atom stereocenters. The highest BCUT2D eigenvalue weighted by atomic mass is 15.1.